The van der Waals surface area contributed by atoms with Crippen molar-refractivity contribution in [3.05, 3.63) is 41.3 Å². The SMILES string of the molecule is Cc1ccc(-c2nc(CS(=O)(=O)CC(=O)N[C@@H]3CCC[C@@H](C)[C@H]3C)c(C)o2)cc1. The van der Waals surface area contributed by atoms with Crippen LogP contribution in [0.5, 0.6) is 0 Å². The van der Waals surface area contributed by atoms with Gasteiger partial charge in [-0.3, -0.25) is 4.79 Å². The van der Waals surface area contributed by atoms with Gasteiger partial charge in [0, 0.05) is 11.6 Å². The number of rotatable bonds is 6. The molecule has 158 valence electrons. The monoisotopic (exact) mass is 418 g/mol. The van der Waals surface area contributed by atoms with Crippen molar-refractivity contribution in [1.82, 2.24) is 10.3 Å². The predicted octanol–water partition coefficient (Wildman–Crippen LogP) is 3.81. The largest absolute Gasteiger partial charge is 0.441 e. The minimum absolute atomic E-state index is 0.0448. The summed E-state index contributed by atoms with van der Waals surface area (Å²) in [6, 6.07) is 7.71. The smallest absolute Gasteiger partial charge is 0.235 e. The van der Waals surface area contributed by atoms with Gasteiger partial charge in [-0.2, -0.15) is 0 Å². The molecule has 1 aromatic carbocycles. The molecule has 1 amide bonds. The van der Waals surface area contributed by atoms with Crippen LogP contribution in [-0.2, 0) is 20.4 Å². The molecule has 1 aromatic heterocycles. The number of aryl methyl sites for hydroxylation is 2. The predicted molar refractivity (Wildman–Crippen MR) is 113 cm³/mol. The molecule has 2 aromatic rings. The Balaban J connectivity index is 1.65. The van der Waals surface area contributed by atoms with Crippen LogP contribution in [0.4, 0.5) is 0 Å². The summed E-state index contributed by atoms with van der Waals surface area (Å²) >= 11 is 0. The zero-order chi connectivity index (χ0) is 21.2. The molecule has 7 heteroatoms. The highest BCUT2D eigenvalue weighted by Gasteiger charge is 2.29. The number of hydrogen-bond acceptors (Lipinski definition) is 5. The topological polar surface area (TPSA) is 89.3 Å². The first-order valence-electron chi connectivity index (χ1n) is 10.2. The maximum absolute atomic E-state index is 12.6. The van der Waals surface area contributed by atoms with Crippen LogP contribution in [0, 0.1) is 25.7 Å². The lowest BCUT2D eigenvalue weighted by Gasteiger charge is -2.34. The van der Waals surface area contributed by atoms with Crippen LogP contribution in [0.25, 0.3) is 11.5 Å². The van der Waals surface area contributed by atoms with E-state index in [-0.39, 0.29) is 11.8 Å². The number of benzene rings is 1. The Kier molecular flexibility index (Phi) is 6.46. The van der Waals surface area contributed by atoms with Gasteiger partial charge >= 0.3 is 0 Å². The molecule has 0 aliphatic heterocycles. The second kappa shape index (κ2) is 8.69. The van der Waals surface area contributed by atoms with Crippen LogP contribution in [0.1, 0.15) is 50.1 Å². The zero-order valence-corrected chi connectivity index (χ0v) is 18.4. The third-order valence-electron chi connectivity index (χ3n) is 5.95. The summed E-state index contributed by atoms with van der Waals surface area (Å²) in [4.78, 5) is 16.7. The highest BCUT2D eigenvalue weighted by molar-refractivity contribution is 7.91. The van der Waals surface area contributed by atoms with E-state index in [0.717, 1.165) is 30.4 Å². The van der Waals surface area contributed by atoms with Crippen LogP contribution in [-0.4, -0.2) is 31.1 Å². The number of hydrogen-bond donors (Lipinski definition) is 1. The summed E-state index contributed by atoms with van der Waals surface area (Å²) in [7, 11) is -3.65. The van der Waals surface area contributed by atoms with Crippen LogP contribution in [0.15, 0.2) is 28.7 Å². The van der Waals surface area contributed by atoms with Crippen molar-refractivity contribution in [2.75, 3.05) is 5.75 Å². The van der Waals surface area contributed by atoms with E-state index in [1.807, 2.05) is 31.2 Å². The van der Waals surface area contributed by atoms with E-state index < -0.39 is 21.5 Å². The first-order chi connectivity index (χ1) is 13.6. The molecule has 1 heterocycles. The lowest BCUT2D eigenvalue weighted by molar-refractivity contribution is -0.120. The van der Waals surface area contributed by atoms with Crippen LogP contribution >= 0.6 is 0 Å². The molecule has 0 spiro atoms. The highest BCUT2D eigenvalue weighted by Crippen LogP contribution is 2.29. The molecule has 0 bridgehead atoms. The van der Waals surface area contributed by atoms with E-state index in [2.05, 4.69) is 24.1 Å². The van der Waals surface area contributed by atoms with Gasteiger partial charge in [0.15, 0.2) is 9.84 Å². The molecule has 1 aliphatic rings. The number of oxazole rings is 1. The summed E-state index contributed by atoms with van der Waals surface area (Å²) in [5, 5.41) is 2.93. The Morgan fingerprint density at radius 2 is 1.86 bits per heavy atom. The summed E-state index contributed by atoms with van der Waals surface area (Å²) < 4.78 is 30.9. The van der Waals surface area contributed by atoms with Crippen molar-refractivity contribution in [3.63, 3.8) is 0 Å². The molecule has 1 N–H and O–H groups in total. The molecular weight excluding hydrogens is 388 g/mol. The van der Waals surface area contributed by atoms with Gasteiger partial charge in [0.2, 0.25) is 11.8 Å². The average molecular weight is 419 g/mol. The van der Waals surface area contributed by atoms with Crippen molar-refractivity contribution in [2.24, 2.45) is 11.8 Å². The van der Waals surface area contributed by atoms with Crippen LogP contribution in [0.3, 0.4) is 0 Å². The normalized spacial score (nSPS) is 22.4. The molecule has 29 heavy (non-hydrogen) atoms. The van der Waals surface area contributed by atoms with E-state index >= 15 is 0 Å². The number of carbonyl (C=O) groups is 1. The number of carbonyl (C=O) groups excluding carboxylic acids is 1. The molecule has 1 fully saturated rings. The number of amides is 1. The van der Waals surface area contributed by atoms with Crippen LogP contribution < -0.4 is 5.32 Å². The molecule has 1 saturated carbocycles. The van der Waals surface area contributed by atoms with E-state index in [0.29, 0.717) is 29.2 Å². The van der Waals surface area contributed by atoms with Crippen molar-refractivity contribution >= 4 is 15.7 Å². The fourth-order valence-electron chi connectivity index (χ4n) is 3.87. The van der Waals surface area contributed by atoms with E-state index in [9.17, 15) is 13.2 Å². The first kappa shape index (κ1) is 21.6. The molecule has 0 saturated heterocycles. The minimum Gasteiger partial charge on any atom is -0.441 e. The van der Waals surface area contributed by atoms with Gasteiger partial charge in [0.25, 0.3) is 0 Å². The van der Waals surface area contributed by atoms with Crippen molar-refractivity contribution in [2.45, 2.75) is 58.8 Å². The fraction of sp³-hybridized carbons (Fsp3) is 0.545. The van der Waals surface area contributed by atoms with Gasteiger partial charge in [-0.25, -0.2) is 13.4 Å². The second-order valence-corrected chi connectivity index (χ2v) is 10.4. The number of nitrogens with zero attached hydrogens (tertiary/aromatic N) is 1. The van der Waals surface area contributed by atoms with E-state index in [1.165, 1.54) is 0 Å². The standard InChI is InChI=1S/C22H30N2O4S/c1-14-8-10-18(11-9-14)22-24-20(17(4)28-22)12-29(26,27)13-21(25)23-19-7-5-6-15(2)16(19)3/h8-11,15-16,19H,5-7,12-13H2,1-4H3,(H,23,25)/t15-,16-,19-/m1/s1. The summed E-state index contributed by atoms with van der Waals surface area (Å²) in [5.74, 6) is 0.459. The maximum Gasteiger partial charge on any atom is 0.235 e. The molecular formula is C22H30N2O4S. The second-order valence-electron chi connectivity index (χ2n) is 8.36. The Hall–Kier alpha value is -2.15. The summed E-state index contributed by atoms with van der Waals surface area (Å²) in [6.07, 6.45) is 3.11. The molecule has 3 atom stereocenters. The van der Waals surface area contributed by atoms with E-state index in [4.69, 9.17) is 4.42 Å². The summed E-state index contributed by atoms with van der Waals surface area (Å²) in [5.41, 5.74) is 2.26. The third-order valence-corrected chi connectivity index (χ3v) is 7.37. The Labute approximate surface area is 173 Å². The van der Waals surface area contributed by atoms with Crippen molar-refractivity contribution in [1.29, 1.82) is 0 Å². The van der Waals surface area contributed by atoms with Gasteiger partial charge in [0.1, 0.15) is 11.5 Å². The first-order valence-corrected chi connectivity index (χ1v) is 12.0. The Morgan fingerprint density at radius 3 is 2.55 bits per heavy atom. The Morgan fingerprint density at radius 1 is 1.17 bits per heavy atom. The summed E-state index contributed by atoms with van der Waals surface area (Å²) in [6.45, 7) is 7.98. The molecule has 6 nitrogen and oxygen atoms in total. The Bertz CT molecular complexity index is 963. The van der Waals surface area contributed by atoms with Crippen molar-refractivity contribution in [3.8, 4) is 11.5 Å². The van der Waals surface area contributed by atoms with Gasteiger partial charge in [0.05, 0.1) is 11.4 Å². The highest BCUT2D eigenvalue weighted by atomic mass is 32.2. The lowest BCUT2D eigenvalue weighted by atomic mass is 9.78. The number of aromatic nitrogens is 1. The zero-order valence-electron chi connectivity index (χ0n) is 17.6. The number of nitrogens with one attached hydrogen (secondary N) is 1. The molecule has 1 aliphatic carbocycles. The molecule has 3 rings (SSSR count). The van der Waals surface area contributed by atoms with Gasteiger partial charge in [-0.15, -0.1) is 0 Å². The number of sulfone groups is 1. The van der Waals surface area contributed by atoms with Crippen molar-refractivity contribution < 1.29 is 17.6 Å². The minimum atomic E-state index is -3.65. The maximum atomic E-state index is 12.6. The van der Waals surface area contributed by atoms with Gasteiger partial charge < -0.3 is 9.73 Å². The van der Waals surface area contributed by atoms with E-state index in [1.54, 1.807) is 6.92 Å². The average Bonchev–Trinajstić information content (AvgIpc) is 2.99. The fourth-order valence-corrected chi connectivity index (χ4v) is 5.14. The van der Waals surface area contributed by atoms with Gasteiger partial charge in [-0.05, 0) is 44.2 Å². The lowest BCUT2D eigenvalue weighted by Crippen LogP contribution is -2.45. The third kappa shape index (κ3) is 5.47. The van der Waals surface area contributed by atoms with Gasteiger partial charge in [-0.1, -0.05) is 44.4 Å². The molecule has 0 radical (unpaired) electrons. The van der Waals surface area contributed by atoms with Crippen LogP contribution in [0.2, 0.25) is 0 Å². The quantitative estimate of drug-likeness (QED) is 0.770. The molecule has 0 unspecified atom stereocenters.